The van der Waals surface area contributed by atoms with Crippen molar-refractivity contribution < 1.29 is 13.2 Å². The third kappa shape index (κ3) is 4.94. The highest BCUT2D eigenvalue weighted by molar-refractivity contribution is 7.91. The number of hydrogen-bond donors (Lipinski definition) is 2. The number of amides is 1. The third-order valence-corrected chi connectivity index (χ3v) is 5.48. The van der Waals surface area contributed by atoms with Crippen LogP contribution in [0.25, 0.3) is 0 Å². The second-order valence-electron chi connectivity index (χ2n) is 5.22. The maximum absolute atomic E-state index is 11.5. The van der Waals surface area contributed by atoms with Crippen LogP contribution in [0.15, 0.2) is 0 Å². The lowest BCUT2D eigenvalue weighted by Crippen LogP contribution is -2.43. The zero-order chi connectivity index (χ0) is 13.8. The van der Waals surface area contributed by atoms with E-state index in [1.54, 1.807) is 6.92 Å². The van der Waals surface area contributed by atoms with Crippen LogP contribution in [-0.2, 0) is 14.6 Å². The van der Waals surface area contributed by atoms with E-state index in [-0.39, 0.29) is 29.4 Å². The Hall–Kier alpha value is -0.620. The molecule has 106 valence electrons. The number of nitrogens with two attached hydrogens (primary N) is 1. The number of rotatable bonds is 6. The normalized spacial score (nSPS) is 26.8. The molecule has 6 heteroatoms. The van der Waals surface area contributed by atoms with Crippen LogP contribution < -0.4 is 11.1 Å². The van der Waals surface area contributed by atoms with Crippen molar-refractivity contribution in [2.24, 2.45) is 11.7 Å². The summed E-state index contributed by atoms with van der Waals surface area (Å²) in [6.07, 6.45) is 3.40. The van der Waals surface area contributed by atoms with Gasteiger partial charge in [-0.05, 0) is 32.6 Å². The number of carbonyl (C=O) groups excluding carboxylic acids is 1. The minimum absolute atomic E-state index is 0.00210. The molecule has 3 N–H and O–H groups in total. The van der Waals surface area contributed by atoms with Crippen LogP contribution in [0.2, 0.25) is 0 Å². The van der Waals surface area contributed by atoms with E-state index >= 15 is 0 Å². The summed E-state index contributed by atoms with van der Waals surface area (Å²) in [7, 11) is -2.93. The van der Waals surface area contributed by atoms with Crippen LogP contribution in [0.3, 0.4) is 0 Å². The Kier molecular flexibility index (Phi) is 5.59. The summed E-state index contributed by atoms with van der Waals surface area (Å²) in [6, 6.07) is 0.271. The summed E-state index contributed by atoms with van der Waals surface area (Å²) < 4.78 is 23.0. The molecule has 1 atom stereocenters. The lowest BCUT2D eigenvalue weighted by Gasteiger charge is -2.29. The summed E-state index contributed by atoms with van der Waals surface area (Å²) in [5.74, 6) is 0.153. The predicted molar refractivity (Wildman–Crippen MR) is 71.9 cm³/mol. The molecular weight excluding hydrogens is 252 g/mol. The summed E-state index contributed by atoms with van der Waals surface area (Å²) in [5.41, 5.74) is 5.28. The number of nitrogens with one attached hydrogen (secondary N) is 1. The van der Waals surface area contributed by atoms with E-state index in [0.29, 0.717) is 6.04 Å². The Labute approximate surface area is 109 Å². The van der Waals surface area contributed by atoms with Gasteiger partial charge in [0.05, 0.1) is 5.75 Å². The fraction of sp³-hybridized carbons (Fsp3) is 0.917. The predicted octanol–water partition coefficient (Wildman–Crippen LogP) is 0.443. The van der Waals surface area contributed by atoms with Gasteiger partial charge in [0, 0.05) is 23.8 Å². The Morgan fingerprint density at radius 1 is 1.33 bits per heavy atom. The molecule has 5 nitrogen and oxygen atoms in total. The standard InChI is InChI=1S/C12H24N2O3S/c1-3-18(16,17)8-9(2)14-11-6-4-10(5-7-11)12(13)15/h9-11,14H,3-8H2,1-2H3,(H2,13,15). The van der Waals surface area contributed by atoms with Gasteiger partial charge < -0.3 is 11.1 Å². The highest BCUT2D eigenvalue weighted by Crippen LogP contribution is 2.24. The van der Waals surface area contributed by atoms with Gasteiger partial charge >= 0.3 is 0 Å². The average Bonchev–Trinajstić information content (AvgIpc) is 2.29. The topological polar surface area (TPSA) is 89.3 Å². The van der Waals surface area contributed by atoms with E-state index in [4.69, 9.17) is 5.73 Å². The molecule has 0 aliphatic heterocycles. The molecule has 1 aliphatic carbocycles. The summed E-state index contributed by atoms with van der Waals surface area (Å²) >= 11 is 0. The van der Waals surface area contributed by atoms with Gasteiger partial charge in [-0.3, -0.25) is 4.79 Å². The van der Waals surface area contributed by atoms with Gasteiger partial charge in [-0.25, -0.2) is 8.42 Å². The van der Waals surface area contributed by atoms with Gasteiger partial charge in [-0.1, -0.05) is 6.92 Å². The van der Waals surface area contributed by atoms with E-state index in [1.807, 2.05) is 6.92 Å². The van der Waals surface area contributed by atoms with E-state index in [2.05, 4.69) is 5.32 Å². The number of sulfone groups is 1. The molecule has 0 aromatic heterocycles. The van der Waals surface area contributed by atoms with Crippen LogP contribution in [-0.4, -0.2) is 37.9 Å². The van der Waals surface area contributed by atoms with Crippen molar-refractivity contribution in [3.63, 3.8) is 0 Å². The molecule has 1 amide bonds. The molecule has 0 saturated heterocycles. The minimum Gasteiger partial charge on any atom is -0.369 e. The van der Waals surface area contributed by atoms with Crippen molar-refractivity contribution in [2.75, 3.05) is 11.5 Å². The summed E-state index contributed by atoms with van der Waals surface area (Å²) in [5, 5.41) is 3.34. The van der Waals surface area contributed by atoms with Gasteiger partial charge in [-0.15, -0.1) is 0 Å². The minimum atomic E-state index is -2.93. The van der Waals surface area contributed by atoms with Crippen LogP contribution in [0.1, 0.15) is 39.5 Å². The lowest BCUT2D eigenvalue weighted by atomic mass is 9.85. The first-order valence-corrected chi connectivity index (χ1v) is 8.42. The van der Waals surface area contributed by atoms with Crippen LogP contribution in [0, 0.1) is 5.92 Å². The highest BCUT2D eigenvalue weighted by Gasteiger charge is 2.26. The van der Waals surface area contributed by atoms with Crippen LogP contribution >= 0.6 is 0 Å². The SMILES string of the molecule is CCS(=O)(=O)CC(C)NC1CCC(C(N)=O)CC1. The fourth-order valence-electron chi connectivity index (χ4n) is 2.49. The van der Waals surface area contributed by atoms with E-state index in [0.717, 1.165) is 25.7 Å². The van der Waals surface area contributed by atoms with Gasteiger partial charge in [-0.2, -0.15) is 0 Å². The monoisotopic (exact) mass is 276 g/mol. The molecule has 1 fully saturated rings. The Bertz CT molecular complexity index is 373. The third-order valence-electron chi connectivity index (χ3n) is 3.59. The zero-order valence-electron chi connectivity index (χ0n) is 11.2. The van der Waals surface area contributed by atoms with Gasteiger partial charge in [0.2, 0.25) is 5.91 Å². The Morgan fingerprint density at radius 3 is 2.33 bits per heavy atom. The molecular formula is C12H24N2O3S. The highest BCUT2D eigenvalue weighted by atomic mass is 32.2. The van der Waals surface area contributed by atoms with Crippen molar-refractivity contribution in [1.82, 2.24) is 5.32 Å². The summed E-state index contributed by atoms with van der Waals surface area (Å²) in [6.45, 7) is 3.56. The molecule has 1 unspecified atom stereocenters. The maximum Gasteiger partial charge on any atom is 0.220 e. The van der Waals surface area contributed by atoms with Crippen molar-refractivity contribution in [3.8, 4) is 0 Å². The summed E-state index contributed by atoms with van der Waals surface area (Å²) in [4.78, 5) is 11.0. The van der Waals surface area contributed by atoms with Crippen LogP contribution in [0.4, 0.5) is 0 Å². The number of primary amides is 1. The van der Waals surface area contributed by atoms with Gasteiger partial charge in [0.1, 0.15) is 0 Å². The maximum atomic E-state index is 11.5. The lowest BCUT2D eigenvalue weighted by molar-refractivity contribution is -0.122. The molecule has 18 heavy (non-hydrogen) atoms. The van der Waals surface area contributed by atoms with Crippen molar-refractivity contribution in [1.29, 1.82) is 0 Å². The largest absolute Gasteiger partial charge is 0.369 e. The second kappa shape index (κ2) is 6.52. The van der Waals surface area contributed by atoms with Gasteiger partial charge in [0.15, 0.2) is 9.84 Å². The zero-order valence-corrected chi connectivity index (χ0v) is 12.0. The van der Waals surface area contributed by atoms with Gasteiger partial charge in [0.25, 0.3) is 0 Å². The molecule has 0 radical (unpaired) electrons. The smallest absolute Gasteiger partial charge is 0.220 e. The van der Waals surface area contributed by atoms with Crippen LogP contribution in [0.5, 0.6) is 0 Å². The first-order chi connectivity index (χ1) is 8.34. The Morgan fingerprint density at radius 2 is 1.89 bits per heavy atom. The number of hydrogen-bond acceptors (Lipinski definition) is 4. The molecule has 1 rings (SSSR count). The second-order valence-corrected chi connectivity index (χ2v) is 7.62. The first kappa shape index (κ1) is 15.4. The molecule has 0 spiro atoms. The molecule has 1 saturated carbocycles. The van der Waals surface area contributed by atoms with Crippen molar-refractivity contribution in [2.45, 2.75) is 51.6 Å². The quantitative estimate of drug-likeness (QED) is 0.737. The van der Waals surface area contributed by atoms with Crippen molar-refractivity contribution >= 4 is 15.7 Å². The molecule has 0 aromatic rings. The molecule has 1 aliphatic rings. The molecule has 0 bridgehead atoms. The Balaban J connectivity index is 2.35. The van der Waals surface area contributed by atoms with E-state index in [1.165, 1.54) is 0 Å². The van der Waals surface area contributed by atoms with Crippen molar-refractivity contribution in [3.05, 3.63) is 0 Å². The molecule has 0 aromatic carbocycles. The number of carbonyl (C=O) groups is 1. The fourth-order valence-corrected chi connectivity index (χ4v) is 3.59. The van der Waals surface area contributed by atoms with E-state index in [9.17, 15) is 13.2 Å². The average molecular weight is 276 g/mol. The van der Waals surface area contributed by atoms with E-state index < -0.39 is 9.84 Å². The molecule has 0 heterocycles. The first-order valence-electron chi connectivity index (χ1n) is 6.60.